The lowest BCUT2D eigenvalue weighted by Gasteiger charge is -2.30. The zero-order valence-corrected chi connectivity index (χ0v) is 18.3. The van der Waals surface area contributed by atoms with Gasteiger partial charge in [-0.2, -0.15) is 4.31 Å². The molecule has 30 heavy (non-hydrogen) atoms. The second kappa shape index (κ2) is 9.34. The maximum Gasteiger partial charge on any atom is 0.244 e. The molecule has 0 bridgehead atoms. The first-order valence-electron chi connectivity index (χ1n) is 9.30. The van der Waals surface area contributed by atoms with Crippen LogP contribution in [0.4, 0.5) is 5.69 Å². The number of hydrogen-bond acceptors (Lipinski definition) is 4. The number of nitrogens with two attached hydrogens (primary N) is 1. The van der Waals surface area contributed by atoms with E-state index in [-0.39, 0.29) is 46.3 Å². The van der Waals surface area contributed by atoms with Crippen LogP contribution in [0.25, 0.3) is 0 Å². The Labute approximate surface area is 185 Å². The number of amides is 2. The third-order valence-corrected chi connectivity index (χ3v) is 7.55. The van der Waals surface area contributed by atoms with Crippen LogP contribution in [0.5, 0.6) is 0 Å². The first-order chi connectivity index (χ1) is 14.2. The van der Waals surface area contributed by atoms with Crippen LogP contribution in [0.15, 0.2) is 47.4 Å². The largest absolute Gasteiger partial charge is 0.369 e. The Kier molecular flexibility index (Phi) is 7.02. The van der Waals surface area contributed by atoms with Crippen molar-refractivity contribution in [3.05, 3.63) is 58.1 Å². The Bertz CT molecular complexity index is 1050. The average molecular weight is 470 g/mol. The Morgan fingerprint density at radius 3 is 2.30 bits per heavy atom. The molecule has 3 rings (SSSR count). The van der Waals surface area contributed by atoms with E-state index in [9.17, 15) is 18.0 Å². The molecule has 1 aliphatic heterocycles. The minimum Gasteiger partial charge on any atom is -0.369 e. The lowest BCUT2D eigenvalue weighted by Crippen LogP contribution is -2.41. The van der Waals surface area contributed by atoms with E-state index in [0.717, 1.165) is 5.56 Å². The topological polar surface area (TPSA) is 110 Å². The maximum atomic E-state index is 12.9. The molecular formula is C20H21Cl2N3O4S. The van der Waals surface area contributed by atoms with Gasteiger partial charge in [-0.15, -0.1) is 0 Å². The third-order valence-electron chi connectivity index (χ3n) is 4.94. The fourth-order valence-corrected chi connectivity index (χ4v) is 5.53. The Balaban J connectivity index is 1.60. The fourth-order valence-electron chi connectivity index (χ4n) is 3.32. The smallest absolute Gasteiger partial charge is 0.244 e. The highest BCUT2D eigenvalue weighted by Gasteiger charge is 2.33. The number of carbonyl (C=O) groups is 2. The lowest BCUT2D eigenvalue weighted by atomic mass is 9.97. The Hall–Kier alpha value is -2.13. The molecule has 0 aromatic heterocycles. The molecule has 0 unspecified atom stereocenters. The zero-order chi connectivity index (χ0) is 21.9. The highest BCUT2D eigenvalue weighted by molar-refractivity contribution is 7.89. The minimum atomic E-state index is -3.79. The Morgan fingerprint density at radius 1 is 1.07 bits per heavy atom. The highest BCUT2D eigenvalue weighted by atomic mass is 35.5. The van der Waals surface area contributed by atoms with E-state index in [0.29, 0.717) is 18.5 Å². The van der Waals surface area contributed by atoms with Crippen molar-refractivity contribution in [2.75, 3.05) is 18.4 Å². The van der Waals surface area contributed by atoms with Crippen molar-refractivity contribution in [1.29, 1.82) is 0 Å². The molecule has 0 spiro atoms. The summed E-state index contributed by atoms with van der Waals surface area (Å²) < 4.78 is 27.1. The number of piperidine rings is 1. The number of nitrogens with one attached hydrogen (secondary N) is 1. The molecule has 0 aliphatic carbocycles. The predicted molar refractivity (Wildman–Crippen MR) is 116 cm³/mol. The summed E-state index contributed by atoms with van der Waals surface area (Å²) in [6, 6.07) is 11.2. The van der Waals surface area contributed by atoms with E-state index < -0.39 is 15.9 Å². The van der Waals surface area contributed by atoms with Gasteiger partial charge in [0.25, 0.3) is 0 Å². The standard InChI is InChI=1S/C20H21Cl2N3O4S/c21-15-3-6-17(22)18(12-15)30(28,29)25-9-7-14(8-10-25)20(27)24-16-4-1-13(2-5-16)11-19(23)26/h1-6,12,14H,7-11H2,(H2,23,26)(H,24,27). The summed E-state index contributed by atoms with van der Waals surface area (Å²) in [6.07, 6.45) is 0.920. The van der Waals surface area contributed by atoms with Crippen LogP contribution >= 0.6 is 23.2 Å². The summed E-state index contributed by atoms with van der Waals surface area (Å²) in [5.74, 6) is -0.903. The van der Waals surface area contributed by atoms with E-state index in [1.165, 1.54) is 22.5 Å². The molecule has 2 aromatic carbocycles. The van der Waals surface area contributed by atoms with E-state index in [1.54, 1.807) is 24.3 Å². The van der Waals surface area contributed by atoms with Gasteiger partial charge in [-0.05, 0) is 48.7 Å². The van der Waals surface area contributed by atoms with Crippen LogP contribution in [-0.4, -0.2) is 37.6 Å². The van der Waals surface area contributed by atoms with Gasteiger partial charge >= 0.3 is 0 Å². The van der Waals surface area contributed by atoms with Gasteiger partial charge in [-0.3, -0.25) is 9.59 Å². The number of primary amides is 1. The van der Waals surface area contributed by atoms with Crippen LogP contribution in [0.3, 0.4) is 0 Å². The van der Waals surface area contributed by atoms with E-state index in [4.69, 9.17) is 28.9 Å². The van der Waals surface area contributed by atoms with Gasteiger partial charge in [0.2, 0.25) is 21.8 Å². The number of anilines is 1. The molecule has 0 saturated carbocycles. The van der Waals surface area contributed by atoms with Gasteiger partial charge in [0.15, 0.2) is 0 Å². The van der Waals surface area contributed by atoms with Gasteiger partial charge in [0.1, 0.15) is 4.90 Å². The number of hydrogen-bond donors (Lipinski definition) is 2. The van der Waals surface area contributed by atoms with E-state index >= 15 is 0 Å². The molecule has 0 radical (unpaired) electrons. The van der Waals surface area contributed by atoms with Crippen molar-refractivity contribution in [1.82, 2.24) is 4.31 Å². The normalized spacial score (nSPS) is 15.7. The Morgan fingerprint density at radius 2 is 1.70 bits per heavy atom. The predicted octanol–water partition coefficient (Wildman–Crippen LogP) is 3.06. The molecule has 1 saturated heterocycles. The van der Waals surface area contributed by atoms with E-state index in [2.05, 4.69) is 5.32 Å². The van der Waals surface area contributed by atoms with Crippen molar-refractivity contribution in [3.63, 3.8) is 0 Å². The minimum absolute atomic E-state index is 0.0318. The summed E-state index contributed by atoms with van der Waals surface area (Å²) in [5, 5.41) is 3.23. The molecule has 1 aliphatic rings. The maximum absolute atomic E-state index is 12.9. The molecule has 10 heteroatoms. The van der Waals surface area contributed by atoms with Gasteiger partial charge < -0.3 is 11.1 Å². The molecular weight excluding hydrogens is 449 g/mol. The number of halogens is 2. The average Bonchev–Trinajstić information content (AvgIpc) is 2.71. The second-order valence-corrected chi connectivity index (χ2v) is 9.83. The van der Waals surface area contributed by atoms with Gasteiger partial charge in [0, 0.05) is 29.7 Å². The zero-order valence-electron chi connectivity index (χ0n) is 16.0. The number of nitrogens with zero attached hydrogens (tertiary/aromatic N) is 1. The monoisotopic (exact) mass is 469 g/mol. The summed E-state index contributed by atoms with van der Waals surface area (Å²) in [6.45, 7) is 0.418. The molecule has 160 valence electrons. The SMILES string of the molecule is NC(=O)Cc1ccc(NC(=O)C2CCN(S(=O)(=O)c3cc(Cl)ccc3Cl)CC2)cc1. The van der Waals surface area contributed by atoms with Crippen molar-refractivity contribution < 1.29 is 18.0 Å². The molecule has 1 fully saturated rings. The van der Waals surface area contributed by atoms with Gasteiger partial charge in [-0.25, -0.2) is 8.42 Å². The molecule has 7 nitrogen and oxygen atoms in total. The first kappa shape index (κ1) is 22.6. The molecule has 2 amide bonds. The van der Waals surface area contributed by atoms with Crippen molar-refractivity contribution >= 4 is 50.7 Å². The van der Waals surface area contributed by atoms with Crippen LogP contribution in [0.2, 0.25) is 10.0 Å². The number of benzene rings is 2. The summed E-state index contributed by atoms with van der Waals surface area (Å²) in [4.78, 5) is 23.5. The van der Waals surface area contributed by atoms with Crippen LogP contribution in [0, 0.1) is 5.92 Å². The highest BCUT2D eigenvalue weighted by Crippen LogP contribution is 2.30. The first-order valence-corrected chi connectivity index (χ1v) is 11.5. The summed E-state index contributed by atoms with van der Waals surface area (Å²) in [7, 11) is -3.79. The number of carbonyl (C=O) groups excluding carboxylic acids is 2. The molecule has 1 heterocycles. The van der Waals surface area contributed by atoms with Crippen LogP contribution in [0.1, 0.15) is 18.4 Å². The molecule has 0 atom stereocenters. The van der Waals surface area contributed by atoms with Gasteiger partial charge in [-0.1, -0.05) is 35.3 Å². The number of sulfonamides is 1. The van der Waals surface area contributed by atoms with Crippen molar-refractivity contribution in [3.8, 4) is 0 Å². The summed E-state index contributed by atoms with van der Waals surface area (Å²) >= 11 is 12.0. The molecule has 2 aromatic rings. The second-order valence-electron chi connectivity index (χ2n) is 7.08. The van der Waals surface area contributed by atoms with Crippen LogP contribution in [-0.2, 0) is 26.0 Å². The van der Waals surface area contributed by atoms with E-state index in [1.807, 2.05) is 0 Å². The lowest BCUT2D eigenvalue weighted by molar-refractivity contribution is -0.121. The summed E-state index contributed by atoms with van der Waals surface area (Å²) in [5.41, 5.74) is 6.53. The molecule has 3 N–H and O–H groups in total. The number of rotatable bonds is 6. The van der Waals surface area contributed by atoms with Crippen molar-refractivity contribution in [2.24, 2.45) is 11.7 Å². The van der Waals surface area contributed by atoms with Crippen molar-refractivity contribution in [2.45, 2.75) is 24.2 Å². The van der Waals surface area contributed by atoms with Gasteiger partial charge in [0.05, 0.1) is 11.4 Å². The quantitative estimate of drug-likeness (QED) is 0.676. The fraction of sp³-hybridized carbons (Fsp3) is 0.300. The van der Waals surface area contributed by atoms with Crippen LogP contribution < -0.4 is 11.1 Å². The third kappa shape index (κ3) is 5.31.